The van der Waals surface area contributed by atoms with Crippen LogP contribution in [0.4, 0.5) is 0 Å². The number of benzene rings is 4. The topological polar surface area (TPSA) is 69.6 Å². The normalized spacial score (nSPS) is 13.9. The number of hydrogen-bond acceptors (Lipinski definition) is 3. The maximum atomic E-state index is 13.6. The molecule has 1 aliphatic rings. The van der Waals surface area contributed by atoms with Crippen molar-refractivity contribution in [2.75, 3.05) is 6.54 Å². The van der Waals surface area contributed by atoms with Gasteiger partial charge in [-0.15, -0.1) is 0 Å². The van der Waals surface area contributed by atoms with Crippen molar-refractivity contribution < 1.29 is 14.7 Å². The summed E-state index contributed by atoms with van der Waals surface area (Å²) in [5.41, 5.74) is 3.54. The molecule has 2 N–H and O–H groups in total. The summed E-state index contributed by atoms with van der Waals surface area (Å²) in [5, 5.41) is 15.1. The van der Waals surface area contributed by atoms with Crippen molar-refractivity contribution >= 4 is 11.8 Å². The summed E-state index contributed by atoms with van der Waals surface area (Å²) in [6, 6.07) is 33.7. The molecular formula is C33H32N2O3. The molecule has 38 heavy (non-hydrogen) atoms. The molecule has 0 saturated heterocycles. The molecule has 1 heterocycles. The van der Waals surface area contributed by atoms with Gasteiger partial charge in [-0.05, 0) is 47.2 Å². The lowest BCUT2D eigenvalue weighted by Gasteiger charge is -2.36. The van der Waals surface area contributed by atoms with Gasteiger partial charge in [0.15, 0.2) is 0 Å². The van der Waals surface area contributed by atoms with E-state index in [1.807, 2.05) is 121 Å². The highest BCUT2D eigenvalue weighted by Gasteiger charge is 2.39. The van der Waals surface area contributed by atoms with Gasteiger partial charge in [0, 0.05) is 18.7 Å². The summed E-state index contributed by atoms with van der Waals surface area (Å²) in [7, 11) is 0. The Morgan fingerprint density at radius 3 is 2.03 bits per heavy atom. The Morgan fingerprint density at radius 2 is 1.42 bits per heavy atom. The highest BCUT2D eigenvalue weighted by molar-refractivity contribution is 5.96. The second kappa shape index (κ2) is 11.0. The lowest BCUT2D eigenvalue weighted by atomic mass is 9.80. The van der Waals surface area contributed by atoms with Gasteiger partial charge in [0.05, 0.1) is 12.5 Å². The van der Waals surface area contributed by atoms with E-state index in [4.69, 9.17) is 0 Å². The lowest BCUT2D eigenvalue weighted by Crippen LogP contribution is -2.50. The van der Waals surface area contributed by atoms with E-state index in [0.717, 1.165) is 16.7 Å². The minimum Gasteiger partial charge on any atom is -0.378 e. The van der Waals surface area contributed by atoms with Gasteiger partial charge in [0.1, 0.15) is 5.60 Å². The molecule has 0 aromatic heterocycles. The lowest BCUT2D eigenvalue weighted by molar-refractivity contribution is -0.131. The highest BCUT2D eigenvalue weighted by atomic mass is 16.3. The SMILES string of the molecule is CC(NC(=O)c1cccc2c1CCN(C(=O)Cc1ccccc1)C2)C(O)(c1ccccc1)c1ccccc1. The molecule has 2 amide bonds. The number of amides is 2. The molecule has 0 saturated carbocycles. The molecule has 0 radical (unpaired) electrons. The predicted octanol–water partition coefficient (Wildman–Crippen LogP) is 4.87. The van der Waals surface area contributed by atoms with Crippen LogP contribution in [0.15, 0.2) is 109 Å². The first-order chi connectivity index (χ1) is 18.5. The summed E-state index contributed by atoms with van der Waals surface area (Å²) < 4.78 is 0. The van der Waals surface area contributed by atoms with Crippen LogP contribution in [0.3, 0.4) is 0 Å². The fourth-order valence-corrected chi connectivity index (χ4v) is 5.35. The average Bonchev–Trinajstić information content (AvgIpc) is 2.97. The van der Waals surface area contributed by atoms with Crippen molar-refractivity contribution in [2.24, 2.45) is 0 Å². The Hall–Kier alpha value is -4.22. The Kier molecular flexibility index (Phi) is 7.38. The standard InChI is InChI=1S/C33H32N2O3/c1-24(33(38,27-15-7-3-8-16-27)28-17-9-4-10-18-28)34-32(37)30-19-11-14-26-23-35(21-20-29(26)30)31(36)22-25-12-5-2-6-13-25/h2-19,24,38H,20-23H2,1H3,(H,34,37). The van der Waals surface area contributed by atoms with Gasteiger partial charge in [-0.25, -0.2) is 0 Å². The van der Waals surface area contributed by atoms with Crippen LogP contribution in [-0.4, -0.2) is 34.4 Å². The predicted molar refractivity (Wildman–Crippen MR) is 149 cm³/mol. The molecule has 5 rings (SSSR count). The molecule has 1 aliphatic heterocycles. The number of rotatable bonds is 7. The van der Waals surface area contributed by atoms with E-state index in [1.165, 1.54) is 0 Å². The number of nitrogens with zero attached hydrogens (tertiary/aromatic N) is 1. The molecule has 192 valence electrons. The molecule has 4 aromatic carbocycles. The van der Waals surface area contributed by atoms with Gasteiger partial charge in [-0.1, -0.05) is 103 Å². The van der Waals surface area contributed by atoms with Crippen LogP contribution < -0.4 is 5.32 Å². The van der Waals surface area contributed by atoms with E-state index in [9.17, 15) is 14.7 Å². The third-order valence-corrected chi connectivity index (χ3v) is 7.46. The fraction of sp³-hybridized carbons (Fsp3) is 0.212. The zero-order valence-electron chi connectivity index (χ0n) is 21.5. The third-order valence-electron chi connectivity index (χ3n) is 7.46. The average molecular weight is 505 g/mol. The number of hydrogen-bond donors (Lipinski definition) is 2. The number of nitrogens with one attached hydrogen (secondary N) is 1. The van der Waals surface area contributed by atoms with Gasteiger partial charge in [-0.2, -0.15) is 0 Å². The Balaban J connectivity index is 1.35. The zero-order chi connectivity index (χ0) is 26.5. The van der Waals surface area contributed by atoms with E-state index in [1.54, 1.807) is 0 Å². The minimum atomic E-state index is -1.41. The van der Waals surface area contributed by atoms with E-state index in [2.05, 4.69) is 5.32 Å². The molecule has 4 aromatic rings. The first kappa shape index (κ1) is 25.4. The molecule has 0 spiro atoms. The maximum absolute atomic E-state index is 13.6. The molecule has 0 aliphatic carbocycles. The first-order valence-corrected chi connectivity index (χ1v) is 13.0. The minimum absolute atomic E-state index is 0.0844. The first-order valence-electron chi connectivity index (χ1n) is 13.0. The largest absolute Gasteiger partial charge is 0.378 e. The van der Waals surface area contributed by atoms with Crippen LogP contribution in [0, 0.1) is 0 Å². The van der Waals surface area contributed by atoms with Crippen molar-refractivity contribution in [3.63, 3.8) is 0 Å². The number of carbonyl (C=O) groups is 2. The van der Waals surface area contributed by atoms with Crippen molar-refractivity contribution in [3.05, 3.63) is 143 Å². The fourth-order valence-electron chi connectivity index (χ4n) is 5.35. The van der Waals surface area contributed by atoms with Gasteiger partial charge < -0.3 is 15.3 Å². The Morgan fingerprint density at radius 1 is 0.842 bits per heavy atom. The van der Waals surface area contributed by atoms with Crippen LogP contribution in [0.2, 0.25) is 0 Å². The van der Waals surface area contributed by atoms with Crippen LogP contribution in [0.5, 0.6) is 0 Å². The Labute approximate surface area is 223 Å². The number of aliphatic hydroxyl groups is 1. The van der Waals surface area contributed by atoms with Gasteiger partial charge in [0.25, 0.3) is 5.91 Å². The number of fused-ring (bicyclic) bond motifs is 1. The third kappa shape index (κ3) is 5.11. The second-order valence-corrected chi connectivity index (χ2v) is 9.86. The van der Waals surface area contributed by atoms with Gasteiger partial charge in [0.2, 0.25) is 5.91 Å². The smallest absolute Gasteiger partial charge is 0.251 e. The molecular weight excluding hydrogens is 472 g/mol. The molecule has 5 heteroatoms. The van der Waals surface area contributed by atoms with Gasteiger partial charge in [-0.3, -0.25) is 9.59 Å². The summed E-state index contributed by atoms with van der Waals surface area (Å²) in [4.78, 5) is 28.4. The van der Waals surface area contributed by atoms with Crippen molar-refractivity contribution in [2.45, 2.75) is 38.0 Å². The summed E-state index contributed by atoms with van der Waals surface area (Å²) in [6.07, 6.45) is 0.973. The van der Waals surface area contributed by atoms with Crippen LogP contribution in [0.1, 0.15) is 45.1 Å². The van der Waals surface area contributed by atoms with Crippen molar-refractivity contribution in [3.8, 4) is 0 Å². The van der Waals surface area contributed by atoms with Crippen LogP contribution in [-0.2, 0) is 29.8 Å². The zero-order valence-corrected chi connectivity index (χ0v) is 21.5. The highest BCUT2D eigenvalue weighted by Crippen LogP contribution is 2.33. The monoisotopic (exact) mass is 504 g/mol. The molecule has 1 atom stereocenters. The van der Waals surface area contributed by atoms with Crippen LogP contribution >= 0.6 is 0 Å². The second-order valence-electron chi connectivity index (χ2n) is 9.86. The quantitative estimate of drug-likeness (QED) is 0.377. The van der Waals surface area contributed by atoms with Crippen LogP contribution in [0.25, 0.3) is 0 Å². The Bertz CT molecular complexity index is 1360. The van der Waals surface area contributed by atoms with Crippen molar-refractivity contribution in [1.82, 2.24) is 10.2 Å². The van der Waals surface area contributed by atoms with E-state index in [0.29, 0.717) is 42.6 Å². The van der Waals surface area contributed by atoms with E-state index >= 15 is 0 Å². The summed E-state index contributed by atoms with van der Waals surface area (Å²) in [5.74, 6) is -0.148. The van der Waals surface area contributed by atoms with E-state index < -0.39 is 11.6 Å². The molecule has 1 unspecified atom stereocenters. The molecule has 0 bridgehead atoms. The number of carbonyl (C=O) groups excluding carboxylic acids is 2. The molecule has 0 fully saturated rings. The van der Waals surface area contributed by atoms with Gasteiger partial charge >= 0.3 is 0 Å². The summed E-state index contributed by atoms with van der Waals surface area (Å²) in [6.45, 7) is 2.88. The van der Waals surface area contributed by atoms with Crippen molar-refractivity contribution in [1.29, 1.82) is 0 Å². The molecule has 5 nitrogen and oxygen atoms in total. The van der Waals surface area contributed by atoms with E-state index in [-0.39, 0.29) is 11.8 Å². The maximum Gasteiger partial charge on any atom is 0.251 e. The summed E-state index contributed by atoms with van der Waals surface area (Å²) >= 11 is 0.